The summed E-state index contributed by atoms with van der Waals surface area (Å²) in [5, 5.41) is 0. The zero-order chi connectivity index (χ0) is 11.2. The number of thiocarbonyl (C=S) groups is 1. The van der Waals surface area contributed by atoms with Crippen LogP contribution in [0.2, 0.25) is 0 Å². The van der Waals surface area contributed by atoms with E-state index in [4.69, 9.17) is 17.0 Å². The van der Waals surface area contributed by atoms with Crippen molar-refractivity contribution < 1.29 is 9.53 Å². The third-order valence-electron chi connectivity index (χ3n) is 3.93. The van der Waals surface area contributed by atoms with Gasteiger partial charge in [0.25, 0.3) is 0 Å². The maximum atomic E-state index is 11.8. The molecule has 3 fully saturated rings. The topological polar surface area (TPSA) is 26.3 Å². The highest BCUT2D eigenvalue weighted by atomic mass is 32.1. The Balaban J connectivity index is 2.15. The number of thiol groups is 1. The molecule has 0 aromatic rings. The molecule has 4 heteroatoms. The molecule has 0 N–H and O–H groups in total. The number of carbonyl (C=O) groups excluding carboxylic acids is 1. The predicted octanol–water partition coefficient (Wildman–Crippen LogP) is 2.61. The van der Waals surface area contributed by atoms with E-state index in [0.717, 1.165) is 19.3 Å². The van der Waals surface area contributed by atoms with E-state index in [0.29, 0.717) is 11.7 Å². The highest BCUT2D eigenvalue weighted by molar-refractivity contribution is 8.10. The molecular weight excluding hydrogens is 228 g/mol. The number of carbonyl (C=O) groups is 1. The van der Waals surface area contributed by atoms with E-state index in [1.54, 1.807) is 0 Å². The molecule has 3 aliphatic carbocycles. The second-order valence-electron chi connectivity index (χ2n) is 5.32. The van der Waals surface area contributed by atoms with Gasteiger partial charge in [0, 0.05) is 6.42 Å². The molecule has 0 aliphatic heterocycles. The fourth-order valence-corrected chi connectivity index (χ4v) is 3.22. The van der Waals surface area contributed by atoms with E-state index in [9.17, 15) is 4.79 Å². The van der Waals surface area contributed by atoms with Gasteiger partial charge in [0.05, 0.1) is 5.92 Å². The summed E-state index contributed by atoms with van der Waals surface area (Å²) in [5.74, 6) is 0.831. The Bertz CT molecular complexity index is 312. The van der Waals surface area contributed by atoms with Crippen molar-refractivity contribution in [2.45, 2.75) is 39.2 Å². The van der Waals surface area contributed by atoms with Gasteiger partial charge in [0.15, 0.2) is 0 Å². The molecule has 3 rings (SSSR count). The Morgan fingerprint density at radius 2 is 2.27 bits per heavy atom. The first-order valence-electron chi connectivity index (χ1n) is 5.32. The summed E-state index contributed by atoms with van der Waals surface area (Å²) in [4.78, 5) is 11.8. The minimum atomic E-state index is -0.0192. The SMILES string of the molecule is CC1(C)C[C@H]2C(=O)C[C@@H]1C[C@@H]2OC(=S)S. The summed E-state index contributed by atoms with van der Waals surface area (Å²) in [6.07, 6.45) is 2.58. The highest BCUT2D eigenvalue weighted by Gasteiger charge is 2.51. The number of rotatable bonds is 1. The molecule has 3 aliphatic rings. The largest absolute Gasteiger partial charge is 0.475 e. The molecule has 0 heterocycles. The van der Waals surface area contributed by atoms with Crippen molar-refractivity contribution in [2.24, 2.45) is 17.3 Å². The Morgan fingerprint density at radius 3 is 2.80 bits per heavy atom. The average Bonchev–Trinajstić information content (AvgIpc) is 2.07. The van der Waals surface area contributed by atoms with E-state index in [-0.39, 0.29) is 21.8 Å². The normalized spacial score (nSPS) is 37.8. The summed E-state index contributed by atoms with van der Waals surface area (Å²) >= 11 is 8.79. The van der Waals surface area contributed by atoms with Crippen LogP contribution < -0.4 is 0 Å². The minimum Gasteiger partial charge on any atom is -0.475 e. The highest BCUT2D eigenvalue weighted by Crippen LogP contribution is 2.51. The van der Waals surface area contributed by atoms with E-state index < -0.39 is 0 Å². The van der Waals surface area contributed by atoms with Crippen LogP contribution >= 0.6 is 24.8 Å². The number of ether oxygens (including phenoxy) is 1. The van der Waals surface area contributed by atoms with Crippen LogP contribution in [0.25, 0.3) is 0 Å². The van der Waals surface area contributed by atoms with Crippen molar-refractivity contribution in [3.8, 4) is 0 Å². The zero-order valence-corrected chi connectivity index (χ0v) is 10.7. The zero-order valence-electron chi connectivity index (χ0n) is 9.03. The summed E-state index contributed by atoms with van der Waals surface area (Å²) in [6, 6.07) is 0. The Labute approximate surface area is 101 Å². The Hall–Kier alpha value is -0.0900. The summed E-state index contributed by atoms with van der Waals surface area (Å²) in [6.45, 7) is 4.48. The average molecular weight is 244 g/mol. The van der Waals surface area contributed by atoms with Gasteiger partial charge in [-0.05, 0) is 36.4 Å². The lowest BCUT2D eigenvalue weighted by molar-refractivity contribution is -0.144. The molecule has 2 bridgehead atoms. The van der Waals surface area contributed by atoms with Crippen LogP contribution in [-0.2, 0) is 9.53 Å². The first kappa shape index (κ1) is 11.4. The number of Topliss-reactive ketones (excluding diaryl/α,β-unsaturated/α-hetero) is 1. The van der Waals surface area contributed by atoms with Crippen molar-refractivity contribution >= 4 is 35.0 Å². The van der Waals surface area contributed by atoms with Gasteiger partial charge in [-0.25, -0.2) is 0 Å². The molecule has 15 heavy (non-hydrogen) atoms. The fraction of sp³-hybridized carbons (Fsp3) is 0.818. The molecule has 0 amide bonds. The molecule has 2 nitrogen and oxygen atoms in total. The first-order chi connectivity index (χ1) is 6.90. The molecule has 0 aromatic carbocycles. The van der Waals surface area contributed by atoms with Gasteiger partial charge in [0.2, 0.25) is 4.38 Å². The molecule has 84 valence electrons. The molecule has 0 unspecified atom stereocenters. The van der Waals surface area contributed by atoms with Crippen LogP contribution in [0.3, 0.4) is 0 Å². The van der Waals surface area contributed by atoms with E-state index >= 15 is 0 Å². The Morgan fingerprint density at radius 1 is 1.60 bits per heavy atom. The maximum Gasteiger partial charge on any atom is 0.217 e. The molecule has 0 saturated heterocycles. The number of ketones is 1. The van der Waals surface area contributed by atoms with Crippen LogP contribution in [0, 0.1) is 17.3 Å². The Kier molecular flexibility index (Phi) is 2.84. The van der Waals surface area contributed by atoms with E-state index in [1.807, 2.05) is 0 Å². The van der Waals surface area contributed by atoms with Gasteiger partial charge < -0.3 is 4.74 Å². The second kappa shape index (κ2) is 3.74. The van der Waals surface area contributed by atoms with E-state index in [1.165, 1.54) is 0 Å². The standard InChI is InChI=1S/C11H16O2S2/c1-11(2)5-7-8(12)3-6(11)4-9(7)13-10(14)15/h6-7,9H,3-5H2,1-2H3,(H,14,15)/t6-,7+,9+/m1/s1. The van der Waals surface area contributed by atoms with Gasteiger partial charge in [-0.15, -0.1) is 0 Å². The predicted molar refractivity (Wildman–Crippen MR) is 66.1 cm³/mol. The summed E-state index contributed by atoms with van der Waals surface area (Å²) < 4.78 is 5.73. The van der Waals surface area contributed by atoms with Crippen LogP contribution in [0.4, 0.5) is 0 Å². The van der Waals surface area contributed by atoms with Gasteiger partial charge >= 0.3 is 0 Å². The van der Waals surface area contributed by atoms with Crippen molar-refractivity contribution in [3.05, 3.63) is 0 Å². The number of hydrogen-bond donors (Lipinski definition) is 1. The van der Waals surface area contributed by atoms with Gasteiger partial charge in [-0.1, -0.05) is 26.5 Å². The maximum absolute atomic E-state index is 11.8. The van der Waals surface area contributed by atoms with Crippen LogP contribution in [0.5, 0.6) is 0 Å². The van der Waals surface area contributed by atoms with Crippen LogP contribution in [0.1, 0.15) is 33.1 Å². The summed E-state index contributed by atoms with van der Waals surface area (Å²) in [5.41, 5.74) is 0.274. The summed E-state index contributed by atoms with van der Waals surface area (Å²) in [7, 11) is 0. The molecule has 0 spiro atoms. The fourth-order valence-electron chi connectivity index (χ4n) is 2.96. The molecule has 3 saturated carbocycles. The third-order valence-corrected chi connectivity index (χ3v) is 4.13. The first-order valence-corrected chi connectivity index (χ1v) is 6.18. The monoisotopic (exact) mass is 244 g/mol. The quantitative estimate of drug-likeness (QED) is 0.567. The second-order valence-corrected chi connectivity index (χ2v) is 6.40. The van der Waals surface area contributed by atoms with Gasteiger partial charge in [-0.2, -0.15) is 0 Å². The molecule has 0 radical (unpaired) electrons. The lowest BCUT2D eigenvalue weighted by Gasteiger charge is -2.50. The van der Waals surface area contributed by atoms with Crippen molar-refractivity contribution in [1.82, 2.24) is 0 Å². The smallest absolute Gasteiger partial charge is 0.217 e. The van der Waals surface area contributed by atoms with Crippen LogP contribution in [-0.4, -0.2) is 16.3 Å². The van der Waals surface area contributed by atoms with Crippen molar-refractivity contribution in [3.63, 3.8) is 0 Å². The van der Waals surface area contributed by atoms with Crippen LogP contribution in [0.15, 0.2) is 0 Å². The lowest BCUT2D eigenvalue weighted by Crippen LogP contribution is -2.51. The number of fused-ring (bicyclic) bond motifs is 3. The number of hydrogen-bond acceptors (Lipinski definition) is 3. The van der Waals surface area contributed by atoms with Gasteiger partial charge in [0.1, 0.15) is 11.9 Å². The third kappa shape index (κ3) is 2.07. The minimum absolute atomic E-state index is 0.0192. The molecule has 3 atom stereocenters. The molecule has 0 aromatic heterocycles. The molecular formula is C11H16O2S2. The van der Waals surface area contributed by atoms with Gasteiger partial charge in [-0.3, -0.25) is 4.79 Å². The lowest BCUT2D eigenvalue weighted by atomic mass is 9.56. The van der Waals surface area contributed by atoms with Crippen molar-refractivity contribution in [2.75, 3.05) is 0 Å². The van der Waals surface area contributed by atoms with Crippen molar-refractivity contribution in [1.29, 1.82) is 0 Å². The van der Waals surface area contributed by atoms with E-state index in [2.05, 4.69) is 26.5 Å².